The number of aromatic nitrogens is 3. The van der Waals surface area contributed by atoms with Crippen molar-refractivity contribution in [2.75, 3.05) is 5.32 Å². The molecule has 0 saturated carbocycles. The first-order valence-electron chi connectivity index (χ1n) is 10.8. The molecule has 180 valence electrons. The predicted molar refractivity (Wildman–Crippen MR) is 121 cm³/mol. The molecule has 35 heavy (non-hydrogen) atoms. The molecule has 1 N–H and O–H groups in total. The van der Waals surface area contributed by atoms with Crippen LogP contribution in [-0.4, -0.2) is 20.0 Å². The summed E-state index contributed by atoms with van der Waals surface area (Å²) in [5, 5.41) is 2.68. The minimum atomic E-state index is -4.52. The van der Waals surface area contributed by atoms with Crippen molar-refractivity contribution >= 4 is 34.0 Å². The highest BCUT2D eigenvalue weighted by molar-refractivity contribution is 5.91. The zero-order valence-corrected chi connectivity index (χ0v) is 18.2. The molecule has 11 heteroatoms. The van der Waals surface area contributed by atoms with Crippen LogP contribution >= 0.6 is 0 Å². The summed E-state index contributed by atoms with van der Waals surface area (Å²) in [4.78, 5) is 29.0. The molecular formula is C24H19F3N4O4. The Morgan fingerprint density at radius 2 is 1.86 bits per heavy atom. The van der Waals surface area contributed by atoms with Crippen molar-refractivity contribution in [2.24, 2.45) is 0 Å². The Morgan fingerprint density at radius 1 is 1.03 bits per heavy atom. The van der Waals surface area contributed by atoms with Crippen LogP contribution in [0.5, 0.6) is 0 Å². The number of carbonyl (C=O) groups excluding carboxylic acids is 1. The van der Waals surface area contributed by atoms with Crippen molar-refractivity contribution in [3.8, 4) is 0 Å². The molecule has 0 aliphatic carbocycles. The van der Waals surface area contributed by atoms with Crippen molar-refractivity contribution in [1.82, 2.24) is 14.1 Å². The first kappa shape index (κ1) is 22.5. The van der Waals surface area contributed by atoms with Gasteiger partial charge in [0.2, 0.25) is 11.9 Å². The topological polar surface area (TPSA) is 95.2 Å². The fraction of sp³-hybridized carbons (Fsp3) is 0.208. The summed E-state index contributed by atoms with van der Waals surface area (Å²) in [6.45, 7) is 0.432. The first-order chi connectivity index (χ1) is 16.8. The molecule has 0 bridgehead atoms. The van der Waals surface area contributed by atoms with Crippen LogP contribution in [0.15, 0.2) is 74.5 Å². The molecule has 0 fully saturated rings. The number of furan rings is 1. The summed E-state index contributed by atoms with van der Waals surface area (Å²) >= 11 is 0. The van der Waals surface area contributed by atoms with Crippen molar-refractivity contribution in [3.63, 3.8) is 0 Å². The van der Waals surface area contributed by atoms with Gasteiger partial charge in [-0.1, -0.05) is 12.1 Å². The third-order valence-corrected chi connectivity index (χ3v) is 5.58. The van der Waals surface area contributed by atoms with E-state index >= 15 is 0 Å². The molecule has 5 aromatic rings. The fourth-order valence-electron chi connectivity index (χ4n) is 3.93. The van der Waals surface area contributed by atoms with E-state index in [4.69, 9.17) is 8.83 Å². The molecule has 8 nitrogen and oxygen atoms in total. The number of hydrogen-bond donors (Lipinski definition) is 1. The Hall–Kier alpha value is -4.28. The van der Waals surface area contributed by atoms with Gasteiger partial charge in [-0.3, -0.25) is 14.7 Å². The van der Waals surface area contributed by atoms with E-state index < -0.39 is 23.4 Å². The second-order valence-electron chi connectivity index (χ2n) is 7.94. The normalized spacial score (nSPS) is 12.0. The maximum Gasteiger partial charge on any atom is 0.419 e. The molecule has 0 aliphatic rings. The monoisotopic (exact) mass is 484 g/mol. The van der Waals surface area contributed by atoms with Gasteiger partial charge in [-0.25, -0.2) is 9.78 Å². The first-order valence-corrected chi connectivity index (χ1v) is 10.8. The lowest BCUT2D eigenvalue weighted by atomic mass is 10.2. The number of carbonyl (C=O) groups is 1. The number of alkyl halides is 3. The number of oxazole rings is 1. The number of anilines is 1. The third kappa shape index (κ3) is 4.57. The molecule has 3 aromatic heterocycles. The van der Waals surface area contributed by atoms with Gasteiger partial charge in [0.15, 0.2) is 5.58 Å². The number of halogens is 3. The standard InChI is InChI=1S/C24H19F3N4O4/c25-24(26,27)15-9-10-18-17(13-15)28-22(31(18)14-16-5-4-12-34-16)29-21(32)8-3-11-30-19-6-1-2-7-20(19)35-23(30)33/h1-2,4-7,9-10,12-13H,3,8,11,14H2,(H,28,29,32). The van der Waals surface area contributed by atoms with E-state index in [0.717, 1.165) is 12.1 Å². The van der Waals surface area contributed by atoms with Crippen LogP contribution in [0.25, 0.3) is 22.1 Å². The van der Waals surface area contributed by atoms with Gasteiger partial charge < -0.3 is 13.4 Å². The highest BCUT2D eigenvalue weighted by Gasteiger charge is 2.31. The molecule has 0 aliphatic heterocycles. The average Bonchev–Trinajstić information content (AvgIpc) is 3.52. The number of nitrogens with one attached hydrogen (secondary N) is 1. The largest absolute Gasteiger partial charge is 0.467 e. The van der Waals surface area contributed by atoms with Gasteiger partial charge in [-0.2, -0.15) is 13.2 Å². The predicted octanol–water partition coefficient (Wildman–Crippen LogP) is 5.02. The minimum absolute atomic E-state index is 0.0592. The molecule has 0 spiro atoms. The van der Waals surface area contributed by atoms with E-state index in [9.17, 15) is 22.8 Å². The van der Waals surface area contributed by atoms with Crippen LogP contribution in [0.1, 0.15) is 24.2 Å². The van der Waals surface area contributed by atoms with Crippen LogP contribution in [0.3, 0.4) is 0 Å². The van der Waals surface area contributed by atoms with Gasteiger partial charge in [0, 0.05) is 13.0 Å². The van der Waals surface area contributed by atoms with Gasteiger partial charge in [0.25, 0.3) is 0 Å². The summed E-state index contributed by atoms with van der Waals surface area (Å²) in [6, 6.07) is 13.6. The van der Waals surface area contributed by atoms with Crippen molar-refractivity contribution in [1.29, 1.82) is 0 Å². The Kier molecular flexibility index (Phi) is 5.67. The Balaban J connectivity index is 1.35. The zero-order chi connectivity index (χ0) is 24.6. The van der Waals surface area contributed by atoms with Crippen LogP contribution in [-0.2, 0) is 24.1 Å². The lowest BCUT2D eigenvalue weighted by molar-refractivity contribution is -0.137. The SMILES string of the molecule is O=C(CCCn1c(=O)oc2ccccc21)Nc1nc2cc(C(F)(F)F)ccc2n1Cc1ccco1. The van der Waals surface area contributed by atoms with Gasteiger partial charge in [0.05, 0.1) is 34.9 Å². The molecule has 5 rings (SSSR count). The van der Waals surface area contributed by atoms with Crippen molar-refractivity contribution < 1.29 is 26.8 Å². The third-order valence-electron chi connectivity index (χ3n) is 5.58. The number of para-hydroxylation sites is 2. The van der Waals surface area contributed by atoms with Crippen LogP contribution in [0, 0.1) is 0 Å². The van der Waals surface area contributed by atoms with Crippen molar-refractivity contribution in [2.45, 2.75) is 32.1 Å². The maximum atomic E-state index is 13.2. The smallest absolute Gasteiger partial charge is 0.419 e. The molecule has 3 heterocycles. The van der Waals surface area contributed by atoms with E-state index in [1.807, 2.05) is 0 Å². The molecule has 1 amide bonds. The molecule has 0 atom stereocenters. The maximum absolute atomic E-state index is 13.2. The molecule has 0 saturated heterocycles. The van der Waals surface area contributed by atoms with Gasteiger partial charge in [-0.05, 0) is 48.9 Å². The second kappa shape index (κ2) is 8.82. The summed E-state index contributed by atoms with van der Waals surface area (Å²) in [5.74, 6) is -0.247. The number of benzene rings is 2. The number of fused-ring (bicyclic) bond motifs is 2. The van der Waals surface area contributed by atoms with Crippen molar-refractivity contribution in [3.05, 3.63) is 82.7 Å². The lowest BCUT2D eigenvalue weighted by Gasteiger charge is -2.10. The molecule has 2 aromatic carbocycles. The zero-order valence-electron chi connectivity index (χ0n) is 18.2. The number of aryl methyl sites for hydroxylation is 1. The number of hydrogen-bond acceptors (Lipinski definition) is 5. The van der Waals surface area contributed by atoms with E-state index in [0.29, 0.717) is 28.8 Å². The van der Waals surface area contributed by atoms with Crippen LogP contribution < -0.4 is 11.1 Å². The highest BCUT2D eigenvalue weighted by atomic mass is 19.4. The van der Waals surface area contributed by atoms with Gasteiger partial charge in [-0.15, -0.1) is 0 Å². The van der Waals surface area contributed by atoms with Crippen LogP contribution in [0.2, 0.25) is 0 Å². The number of imidazole rings is 1. The summed E-state index contributed by atoms with van der Waals surface area (Å²) < 4.78 is 53.1. The summed E-state index contributed by atoms with van der Waals surface area (Å²) in [6.07, 6.45) is -2.64. The average molecular weight is 484 g/mol. The van der Waals surface area contributed by atoms with E-state index in [-0.39, 0.29) is 31.0 Å². The lowest BCUT2D eigenvalue weighted by Crippen LogP contribution is -2.18. The van der Waals surface area contributed by atoms with E-state index in [1.54, 1.807) is 41.0 Å². The molecular weight excluding hydrogens is 465 g/mol. The van der Waals surface area contributed by atoms with Gasteiger partial charge in [0.1, 0.15) is 5.76 Å². The Labute approximate surface area is 195 Å². The minimum Gasteiger partial charge on any atom is -0.467 e. The number of nitrogens with zero attached hydrogens (tertiary/aromatic N) is 3. The van der Waals surface area contributed by atoms with Crippen LogP contribution in [0.4, 0.5) is 19.1 Å². The highest BCUT2D eigenvalue weighted by Crippen LogP contribution is 2.32. The number of amides is 1. The fourth-order valence-corrected chi connectivity index (χ4v) is 3.93. The number of rotatable bonds is 7. The second-order valence-corrected chi connectivity index (χ2v) is 7.94. The summed E-state index contributed by atoms with van der Waals surface area (Å²) in [5.41, 5.74) is 0.785. The van der Waals surface area contributed by atoms with Gasteiger partial charge >= 0.3 is 11.9 Å². The van der Waals surface area contributed by atoms with E-state index in [2.05, 4.69) is 10.3 Å². The molecule has 0 unspecified atom stereocenters. The quantitative estimate of drug-likeness (QED) is 0.350. The van der Waals surface area contributed by atoms with E-state index in [1.165, 1.54) is 16.9 Å². The molecule has 0 radical (unpaired) electrons. The Bertz CT molecular complexity index is 1560. The Morgan fingerprint density at radius 3 is 2.63 bits per heavy atom. The summed E-state index contributed by atoms with van der Waals surface area (Å²) in [7, 11) is 0.